The number of nitrogens with one attached hydrogen (secondary N) is 1. The number of methoxy groups -OCH3 is 1. The molecule has 10 heteroatoms. The normalized spacial score (nSPS) is 10.9. The van der Waals surface area contributed by atoms with Crippen molar-refractivity contribution in [3.05, 3.63) is 34.1 Å². The molecule has 0 fully saturated rings. The van der Waals surface area contributed by atoms with Crippen molar-refractivity contribution >= 4 is 38.9 Å². The van der Waals surface area contributed by atoms with E-state index in [0.29, 0.717) is 5.56 Å². The van der Waals surface area contributed by atoms with E-state index < -0.39 is 10.0 Å². The van der Waals surface area contributed by atoms with E-state index in [1.54, 1.807) is 0 Å². The number of aromatic nitrogens is 2. The molecule has 2 aromatic rings. The molecular formula is C13H10Cl2N4O3S. The van der Waals surface area contributed by atoms with Crippen molar-refractivity contribution < 1.29 is 13.2 Å². The summed E-state index contributed by atoms with van der Waals surface area (Å²) in [6.07, 6.45) is 2.20. The number of sulfonamides is 1. The molecule has 0 saturated carbocycles. The minimum atomic E-state index is -3.54. The van der Waals surface area contributed by atoms with Gasteiger partial charge >= 0.3 is 0 Å². The molecule has 0 saturated heterocycles. The van der Waals surface area contributed by atoms with E-state index in [9.17, 15) is 13.7 Å². The third kappa shape index (κ3) is 3.82. The molecule has 0 aliphatic heterocycles. The Balaban J connectivity index is 2.70. The largest absolute Gasteiger partial charge is 0.480 e. The number of hydrogen-bond donors (Lipinski definition) is 1. The first-order valence-electron chi connectivity index (χ1n) is 6.03. The van der Waals surface area contributed by atoms with Crippen molar-refractivity contribution in [1.82, 2.24) is 9.97 Å². The number of benzene rings is 1. The lowest BCUT2D eigenvalue weighted by Crippen LogP contribution is -2.10. The monoisotopic (exact) mass is 372 g/mol. The highest BCUT2D eigenvalue weighted by molar-refractivity contribution is 7.92. The third-order valence-electron chi connectivity index (χ3n) is 2.72. The Morgan fingerprint density at radius 2 is 1.96 bits per heavy atom. The standard InChI is InChI=1S/C13H10Cl2N4O3S/c1-22-13-8(5-16)12(17-6-18-13)7-3-11(19-23(2,20)21)10(15)4-9(7)14/h3-4,6,19H,1-2H3. The molecule has 0 unspecified atom stereocenters. The fourth-order valence-corrected chi connectivity index (χ4v) is 2.98. The highest BCUT2D eigenvalue weighted by atomic mass is 35.5. The Hall–Kier alpha value is -2.08. The Kier molecular flexibility index (Phi) is 4.94. The van der Waals surface area contributed by atoms with Gasteiger partial charge in [-0.25, -0.2) is 18.4 Å². The summed E-state index contributed by atoms with van der Waals surface area (Å²) in [5.41, 5.74) is 0.719. The van der Waals surface area contributed by atoms with Gasteiger partial charge < -0.3 is 4.74 Å². The number of anilines is 1. The van der Waals surface area contributed by atoms with Gasteiger partial charge in [0.1, 0.15) is 18.0 Å². The zero-order valence-corrected chi connectivity index (χ0v) is 14.3. The number of ether oxygens (including phenoxy) is 1. The number of nitriles is 1. The van der Waals surface area contributed by atoms with Gasteiger partial charge in [-0.15, -0.1) is 0 Å². The van der Waals surface area contributed by atoms with E-state index in [1.165, 1.54) is 25.6 Å². The molecule has 0 spiro atoms. The average molecular weight is 373 g/mol. The summed E-state index contributed by atoms with van der Waals surface area (Å²) in [7, 11) is -2.17. The minimum Gasteiger partial charge on any atom is -0.480 e. The van der Waals surface area contributed by atoms with Crippen LogP contribution in [0.4, 0.5) is 5.69 Å². The van der Waals surface area contributed by atoms with Crippen LogP contribution in [0.1, 0.15) is 5.56 Å². The first kappa shape index (κ1) is 17.3. The van der Waals surface area contributed by atoms with E-state index in [0.717, 1.165) is 6.26 Å². The average Bonchev–Trinajstić information content (AvgIpc) is 2.48. The summed E-state index contributed by atoms with van der Waals surface area (Å²) in [5, 5.41) is 9.62. The maximum Gasteiger partial charge on any atom is 0.235 e. The molecule has 0 aliphatic carbocycles. The second kappa shape index (κ2) is 6.58. The second-order valence-corrected chi connectivity index (χ2v) is 6.97. The first-order valence-corrected chi connectivity index (χ1v) is 8.68. The second-order valence-electron chi connectivity index (χ2n) is 4.40. The number of nitrogens with zero attached hydrogens (tertiary/aromatic N) is 3. The Labute approximate surface area is 142 Å². The molecule has 0 radical (unpaired) electrons. The SMILES string of the molecule is COc1ncnc(-c2cc(NS(C)(=O)=O)c(Cl)cc2Cl)c1C#N. The highest BCUT2D eigenvalue weighted by Gasteiger charge is 2.18. The van der Waals surface area contributed by atoms with Gasteiger partial charge in [-0.05, 0) is 12.1 Å². The molecule has 0 bridgehead atoms. The van der Waals surface area contributed by atoms with Gasteiger partial charge in [0, 0.05) is 5.56 Å². The van der Waals surface area contributed by atoms with E-state index in [4.69, 9.17) is 27.9 Å². The first-order chi connectivity index (χ1) is 10.8. The molecular weight excluding hydrogens is 363 g/mol. The van der Waals surface area contributed by atoms with Gasteiger partial charge in [0.05, 0.1) is 34.8 Å². The number of halogens is 2. The Morgan fingerprint density at radius 3 is 2.52 bits per heavy atom. The highest BCUT2D eigenvalue weighted by Crippen LogP contribution is 2.37. The van der Waals surface area contributed by atoms with Gasteiger partial charge in [0.15, 0.2) is 0 Å². The van der Waals surface area contributed by atoms with Gasteiger partial charge in [0.25, 0.3) is 0 Å². The van der Waals surface area contributed by atoms with Crippen molar-refractivity contribution in [3.63, 3.8) is 0 Å². The van der Waals surface area contributed by atoms with Crippen molar-refractivity contribution in [2.24, 2.45) is 0 Å². The fourth-order valence-electron chi connectivity index (χ4n) is 1.84. The van der Waals surface area contributed by atoms with Crippen LogP contribution in [0.3, 0.4) is 0 Å². The molecule has 2 rings (SSSR count). The molecule has 1 heterocycles. The van der Waals surface area contributed by atoms with Gasteiger partial charge in [-0.2, -0.15) is 5.26 Å². The molecule has 120 valence electrons. The van der Waals surface area contributed by atoms with Crippen molar-refractivity contribution in [2.45, 2.75) is 0 Å². The molecule has 0 amide bonds. The smallest absolute Gasteiger partial charge is 0.235 e. The van der Waals surface area contributed by atoms with E-state index in [1.807, 2.05) is 6.07 Å². The summed E-state index contributed by atoms with van der Waals surface area (Å²) in [6.45, 7) is 0. The predicted octanol–water partition coefficient (Wildman–Crippen LogP) is 2.70. The van der Waals surface area contributed by atoms with Crippen LogP contribution in [0.2, 0.25) is 10.0 Å². The van der Waals surface area contributed by atoms with Crippen LogP contribution < -0.4 is 9.46 Å². The molecule has 1 aromatic heterocycles. The lowest BCUT2D eigenvalue weighted by Gasteiger charge is -2.12. The van der Waals surface area contributed by atoms with Crippen LogP contribution in [-0.2, 0) is 10.0 Å². The minimum absolute atomic E-state index is 0.0736. The third-order valence-corrected chi connectivity index (χ3v) is 3.94. The summed E-state index contributed by atoms with van der Waals surface area (Å²) in [5.74, 6) is 0.0844. The van der Waals surface area contributed by atoms with Crippen LogP contribution in [0, 0.1) is 11.3 Å². The molecule has 0 atom stereocenters. The van der Waals surface area contributed by atoms with Crippen molar-refractivity contribution in [1.29, 1.82) is 5.26 Å². The molecule has 1 aromatic carbocycles. The van der Waals surface area contributed by atoms with Gasteiger partial charge in [-0.1, -0.05) is 23.2 Å². The topological polar surface area (TPSA) is 105 Å². The Bertz CT molecular complexity index is 910. The van der Waals surface area contributed by atoms with Crippen LogP contribution in [-0.4, -0.2) is 31.8 Å². The van der Waals surface area contributed by atoms with Gasteiger partial charge in [-0.3, -0.25) is 4.72 Å². The van der Waals surface area contributed by atoms with Crippen LogP contribution >= 0.6 is 23.2 Å². The molecule has 0 aliphatic rings. The van der Waals surface area contributed by atoms with E-state index in [-0.39, 0.29) is 32.9 Å². The fraction of sp³-hybridized carbons (Fsp3) is 0.154. The quantitative estimate of drug-likeness (QED) is 0.884. The molecule has 23 heavy (non-hydrogen) atoms. The van der Waals surface area contributed by atoms with Crippen molar-refractivity contribution in [2.75, 3.05) is 18.1 Å². The number of hydrogen-bond acceptors (Lipinski definition) is 6. The summed E-state index contributed by atoms with van der Waals surface area (Å²) >= 11 is 12.2. The summed E-state index contributed by atoms with van der Waals surface area (Å²) in [4.78, 5) is 7.88. The Morgan fingerprint density at radius 1 is 1.26 bits per heavy atom. The van der Waals surface area contributed by atoms with E-state index in [2.05, 4.69) is 14.7 Å². The van der Waals surface area contributed by atoms with Gasteiger partial charge in [0.2, 0.25) is 15.9 Å². The van der Waals surface area contributed by atoms with Crippen LogP contribution in [0.25, 0.3) is 11.3 Å². The van der Waals surface area contributed by atoms with Crippen LogP contribution in [0.5, 0.6) is 5.88 Å². The summed E-state index contributed by atoms with van der Waals surface area (Å²) < 4.78 is 30.1. The predicted molar refractivity (Wildman–Crippen MR) is 87.2 cm³/mol. The number of rotatable bonds is 4. The van der Waals surface area contributed by atoms with Crippen molar-refractivity contribution in [3.8, 4) is 23.2 Å². The zero-order valence-electron chi connectivity index (χ0n) is 12.0. The lowest BCUT2D eigenvalue weighted by molar-refractivity contribution is 0.395. The summed E-state index contributed by atoms with van der Waals surface area (Å²) in [6, 6.07) is 4.70. The lowest BCUT2D eigenvalue weighted by atomic mass is 10.1. The molecule has 7 nitrogen and oxygen atoms in total. The van der Waals surface area contributed by atoms with Crippen LogP contribution in [0.15, 0.2) is 18.5 Å². The van der Waals surface area contributed by atoms with E-state index >= 15 is 0 Å². The maximum atomic E-state index is 11.4. The maximum absolute atomic E-state index is 11.4. The molecule has 1 N–H and O–H groups in total. The zero-order chi connectivity index (χ0) is 17.2.